The summed E-state index contributed by atoms with van der Waals surface area (Å²) in [5.41, 5.74) is 0. The zero-order chi connectivity index (χ0) is 18.2. The predicted molar refractivity (Wildman–Crippen MR) is 94.8 cm³/mol. The summed E-state index contributed by atoms with van der Waals surface area (Å²) < 4.78 is 46.6. The average molecular weight is 391 g/mol. The van der Waals surface area contributed by atoms with Gasteiger partial charge >= 0.3 is 0 Å². The summed E-state index contributed by atoms with van der Waals surface area (Å²) in [6.07, 6.45) is 1.94. The van der Waals surface area contributed by atoms with Crippen molar-refractivity contribution in [2.75, 3.05) is 26.2 Å². The van der Waals surface area contributed by atoms with E-state index in [0.717, 1.165) is 32.0 Å². The van der Waals surface area contributed by atoms with E-state index in [1.54, 1.807) is 4.31 Å². The van der Waals surface area contributed by atoms with E-state index in [1.807, 2.05) is 13.8 Å². The van der Waals surface area contributed by atoms with Gasteiger partial charge in [0.25, 0.3) is 0 Å². The monoisotopic (exact) mass is 390 g/mol. The van der Waals surface area contributed by atoms with Crippen molar-refractivity contribution in [3.05, 3.63) is 29.0 Å². The lowest BCUT2D eigenvalue weighted by molar-refractivity contribution is -0.0707. The molecule has 0 bridgehead atoms. The van der Waals surface area contributed by atoms with Gasteiger partial charge in [-0.3, -0.25) is 4.90 Å². The van der Waals surface area contributed by atoms with Crippen molar-refractivity contribution in [2.24, 2.45) is 0 Å². The normalized spacial score (nSPS) is 29.2. The van der Waals surface area contributed by atoms with Crippen LogP contribution in [0.15, 0.2) is 23.1 Å². The highest BCUT2D eigenvalue weighted by atomic mass is 35.5. The Bertz CT molecular complexity index is 721. The molecular formula is C17H24ClFN2O3S. The van der Waals surface area contributed by atoms with Crippen LogP contribution in [-0.2, 0) is 14.8 Å². The molecular weight excluding hydrogens is 367 g/mol. The Morgan fingerprint density at radius 1 is 1.28 bits per heavy atom. The van der Waals surface area contributed by atoms with Crippen LogP contribution in [0.25, 0.3) is 0 Å². The maximum absolute atomic E-state index is 13.4. The zero-order valence-electron chi connectivity index (χ0n) is 14.5. The number of hydrogen-bond donors (Lipinski definition) is 0. The number of benzene rings is 1. The molecule has 25 heavy (non-hydrogen) atoms. The second kappa shape index (κ2) is 7.48. The van der Waals surface area contributed by atoms with Gasteiger partial charge in [0, 0.05) is 32.2 Å². The maximum Gasteiger partial charge on any atom is 0.243 e. The van der Waals surface area contributed by atoms with Crippen molar-refractivity contribution in [1.82, 2.24) is 9.21 Å². The van der Waals surface area contributed by atoms with Crippen LogP contribution in [0.2, 0.25) is 5.02 Å². The highest BCUT2D eigenvalue weighted by Gasteiger charge is 2.37. The zero-order valence-corrected chi connectivity index (χ0v) is 16.1. The van der Waals surface area contributed by atoms with Gasteiger partial charge in [-0.25, -0.2) is 12.8 Å². The predicted octanol–water partition coefficient (Wildman–Crippen LogP) is 2.74. The third-order valence-electron chi connectivity index (χ3n) is 4.78. The molecule has 0 aromatic heterocycles. The van der Waals surface area contributed by atoms with Crippen molar-refractivity contribution in [3.8, 4) is 0 Å². The van der Waals surface area contributed by atoms with Crippen molar-refractivity contribution in [2.45, 2.75) is 49.8 Å². The van der Waals surface area contributed by atoms with Crippen molar-refractivity contribution >= 4 is 21.6 Å². The van der Waals surface area contributed by atoms with E-state index in [1.165, 1.54) is 12.1 Å². The summed E-state index contributed by atoms with van der Waals surface area (Å²) in [5.74, 6) is -0.616. The molecule has 0 amide bonds. The molecule has 2 fully saturated rings. The van der Waals surface area contributed by atoms with Crippen molar-refractivity contribution in [3.63, 3.8) is 0 Å². The summed E-state index contributed by atoms with van der Waals surface area (Å²) in [6, 6.07) is 3.50. The lowest BCUT2D eigenvalue weighted by Crippen LogP contribution is -2.50. The van der Waals surface area contributed by atoms with E-state index in [0.29, 0.717) is 13.1 Å². The minimum atomic E-state index is -3.68. The van der Waals surface area contributed by atoms with Crippen LogP contribution in [0.3, 0.4) is 0 Å². The second-order valence-electron chi connectivity index (χ2n) is 6.96. The first-order valence-electron chi connectivity index (χ1n) is 8.62. The van der Waals surface area contributed by atoms with Crippen LogP contribution in [0.4, 0.5) is 4.39 Å². The number of ether oxygens (including phenoxy) is 1. The molecule has 2 saturated heterocycles. The lowest BCUT2D eigenvalue weighted by atomic mass is 10.1. The fourth-order valence-electron chi connectivity index (χ4n) is 3.81. The number of hydrogen-bond acceptors (Lipinski definition) is 4. The van der Waals surface area contributed by atoms with Gasteiger partial charge in [-0.05, 0) is 44.9 Å². The summed E-state index contributed by atoms with van der Waals surface area (Å²) in [4.78, 5) is 2.32. The third kappa shape index (κ3) is 4.17. The first-order chi connectivity index (χ1) is 11.8. The molecule has 0 aliphatic carbocycles. The Labute approximate surface area is 153 Å². The van der Waals surface area contributed by atoms with Gasteiger partial charge in [-0.2, -0.15) is 4.31 Å². The molecule has 2 heterocycles. The molecule has 8 heteroatoms. The van der Waals surface area contributed by atoms with Crippen LogP contribution in [0.1, 0.15) is 26.7 Å². The van der Waals surface area contributed by atoms with Gasteiger partial charge in [-0.1, -0.05) is 11.6 Å². The minimum absolute atomic E-state index is 0.0505. The van der Waals surface area contributed by atoms with E-state index in [9.17, 15) is 12.8 Å². The maximum atomic E-state index is 13.4. The Morgan fingerprint density at radius 3 is 2.60 bits per heavy atom. The molecule has 140 valence electrons. The Kier molecular flexibility index (Phi) is 5.70. The van der Waals surface area contributed by atoms with Gasteiger partial charge in [0.05, 0.1) is 22.1 Å². The summed E-state index contributed by atoms with van der Waals surface area (Å²) >= 11 is 5.77. The van der Waals surface area contributed by atoms with E-state index >= 15 is 0 Å². The largest absolute Gasteiger partial charge is 0.373 e. The Balaban J connectivity index is 1.77. The quantitative estimate of drug-likeness (QED) is 0.793. The molecule has 3 rings (SSSR count). The summed E-state index contributed by atoms with van der Waals surface area (Å²) in [6.45, 7) is 6.84. The fraction of sp³-hybridized carbons (Fsp3) is 0.647. The van der Waals surface area contributed by atoms with Gasteiger partial charge in [0.15, 0.2) is 0 Å². The van der Waals surface area contributed by atoms with Crippen LogP contribution in [0, 0.1) is 5.82 Å². The van der Waals surface area contributed by atoms with Crippen LogP contribution in [0.5, 0.6) is 0 Å². The molecule has 0 N–H and O–H groups in total. The molecule has 3 atom stereocenters. The lowest BCUT2D eigenvalue weighted by Gasteiger charge is -2.38. The molecule has 3 unspecified atom stereocenters. The van der Waals surface area contributed by atoms with Gasteiger partial charge in [-0.15, -0.1) is 0 Å². The van der Waals surface area contributed by atoms with E-state index in [4.69, 9.17) is 16.3 Å². The van der Waals surface area contributed by atoms with Crippen LogP contribution < -0.4 is 0 Å². The Morgan fingerprint density at radius 2 is 1.96 bits per heavy atom. The van der Waals surface area contributed by atoms with Crippen LogP contribution in [-0.4, -0.2) is 62.1 Å². The summed E-state index contributed by atoms with van der Waals surface area (Å²) in [7, 11) is -3.68. The fourth-order valence-corrected chi connectivity index (χ4v) is 5.77. The van der Waals surface area contributed by atoms with E-state index in [2.05, 4.69) is 4.90 Å². The first kappa shape index (κ1) is 19.0. The van der Waals surface area contributed by atoms with Crippen molar-refractivity contribution < 1.29 is 17.5 Å². The molecule has 0 radical (unpaired) electrons. The number of sulfonamides is 1. The van der Waals surface area contributed by atoms with E-state index in [-0.39, 0.29) is 28.2 Å². The number of rotatable bonds is 4. The molecule has 5 nitrogen and oxygen atoms in total. The van der Waals surface area contributed by atoms with Gasteiger partial charge < -0.3 is 4.74 Å². The van der Waals surface area contributed by atoms with Crippen molar-refractivity contribution in [1.29, 1.82) is 0 Å². The van der Waals surface area contributed by atoms with E-state index < -0.39 is 15.8 Å². The molecule has 1 aromatic carbocycles. The highest BCUT2D eigenvalue weighted by Crippen LogP contribution is 2.29. The molecule has 1 aromatic rings. The second-order valence-corrected chi connectivity index (χ2v) is 9.26. The Hall–Kier alpha value is -0.730. The molecule has 0 saturated carbocycles. The third-order valence-corrected chi connectivity index (χ3v) is 7.02. The smallest absolute Gasteiger partial charge is 0.243 e. The highest BCUT2D eigenvalue weighted by molar-refractivity contribution is 7.89. The summed E-state index contributed by atoms with van der Waals surface area (Å²) in [5, 5.41) is -0.173. The molecule has 2 aliphatic heterocycles. The number of morpholine rings is 1. The number of nitrogens with zero attached hydrogens (tertiary/aromatic N) is 2. The first-order valence-corrected chi connectivity index (χ1v) is 10.4. The minimum Gasteiger partial charge on any atom is -0.373 e. The van der Waals surface area contributed by atoms with Crippen LogP contribution >= 0.6 is 11.6 Å². The SMILES string of the molecule is CC1CN(CC2CCCN2S(=O)(=O)c2ccc(F)c(Cl)c2)CC(C)O1. The standard InChI is InChI=1S/C17H24ClFN2O3S/c1-12-9-20(10-13(2)24-12)11-14-4-3-7-21(14)25(22,23)15-5-6-17(19)16(18)8-15/h5-6,8,12-14H,3-4,7,9-11H2,1-2H3. The van der Waals surface area contributed by atoms with Gasteiger partial charge in [0.2, 0.25) is 10.0 Å². The number of halogens is 2. The topological polar surface area (TPSA) is 49.9 Å². The molecule has 0 spiro atoms. The molecule has 2 aliphatic rings. The average Bonchev–Trinajstić information content (AvgIpc) is 2.97. The van der Waals surface area contributed by atoms with Gasteiger partial charge in [0.1, 0.15) is 5.82 Å².